The number of rotatable bonds is 4. The molecule has 0 unspecified atom stereocenters. The molecular weight excluding hydrogens is 725 g/mol. The average molecular weight is 767 g/mol. The standard InChI is InChI=1S/C58H42N2/c1-58(2)49-33-41(21-12-25-43(49)44-26-13-22-42(34-50(44)58)51-31-30-40-29-28-39-23-14-32-59-56(39)57(40)60-51)48-35-47(36-15-5-3-6-16-36)54-45-24-10-9-19-37-20-11-27-46(52(37)45)55(54)53(48)38-17-7-4-8-18-38/h3-8,10-11,13-21,23-35H,9,12,22H2,1-2H3. The van der Waals surface area contributed by atoms with Crippen molar-refractivity contribution < 1.29 is 0 Å². The zero-order valence-corrected chi connectivity index (χ0v) is 33.8. The summed E-state index contributed by atoms with van der Waals surface area (Å²) in [5.41, 5.74) is 22.2. The van der Waals surface area contributed by atoms with Crippen LogP contribution in [0.5, 0.6) is 0 Å². The summed E-state index contributed by atoms with van der Waals surface area (Å²) < 4.78 is 0. The first-order chi connectivity index (χ1) is 29.5. The van der Waals surface area contributed by atoms with E-state index >= 15 is 0 Å². The Hall–Kier alpha value is -7.16. The first-order valence-electron chi connectivity index (χ1n) is 21.3. The van der Waals surface area contributed by atoms with E-state index in [0.717, 1.165) is 46.8 Å². The second-order valence-corrected chi connectivity index (χ2v) is 17.1. The predicted octanol–water partition coefficient (Wildman–Crippen LogP) is 13.1. The molecule has 0 saturated carbocycles. The molecule has 0 atom stereocenters. The fourth-order valence-corrected chi connectivity index (χ4v) is 10.5. The molecule has 5 aliphatic carbocycles. The summed E-state index contributed by atoms with van der Waals surface area (Å²) in [6.45, 7) is 4.82. The number of pyridine rings is 2. The fraction of sp³-hybridized carbons (Fsp3) is 0.103. The Morgan fingerprint density at radius 1 is 0.567 bits per heavy atom. The van der Waals surface area contributed by atoms with E-state index in [1.54, 1.807) is 0 Å². The monoisotopic (exact) mass is 766 g/mol. The molecule has 0 bridgehead atoms. The largest absolute Gasteiger partial charge is 0.254 e. The van der Waals surface area contributed by atoms with Crippen LogP contribution in [0.4, 0.5) is 0 Å². The third kappa shape index (κ3) is 5.27. The van der Waals surface area contributed by atoms with Gasteiger partial charge in [0.1, 0.15) is 0 Å². The highest BCUT2D eigenvalue weighted by molar-refractivity contribution is 6.09. The lowest BCUT2D eigenvalue weighted by Gasteiger charge is -2.26. The minimum atomic E-state index is -0.248. The Morgan fingerprint density at radius 2 is 1.35 bits per heavy atom. The number of allylic oxidation sites excluding steroid dienone is 14. The molecule has 0 spiro atoms. The van der Waals surface area contributed by atoms with Crippen LogP contribution < -0.4 is 10.4 Å². The molecule has 0 aliphatic heterocycles. The van der Waals surface area contributed by atoms with Gasteiger partial charge >= 0.3 is 0 Å². The normalized spacial score (nSPS) is 17.1. The summed E-state index contributed by atoms with van der Waals surface area (Å²) in [5, 5.41) is 4.90. The minimum Gasteiger partial charge on any atom is -0.254 e. The smallest absolute Gasteiger partial charge is 0.0971 e. The summed E-state index contributed by atoms with van der Waals surface area (Å²) >= 11 is 0. The third-order valence-corrected chi connectivity index (χ3v) is 13.3. The lowest BCUT2D eigenvalue weighted by atomic mass is 9.77. The van der Waals surface area contributed by atoms with Gasteiger partial charge in [0, 0.05) is 22.4 Å². The molecule has 2 aromatic heterocycles. The molecule has 60 heavy (non-hydrogen) atoms. The van der Waals surface area contributed by atoms with Crippen LogP contribution in [0.25, 0.3) is 78.0 Å². The zero-order chi connectivity index (χ0) is 40.0. The molecule has 0 saturated heterocycles. The Bertz CT molecular complexity index is 3380. The molecule has 5 aliphatic rings. The molecule has 0 radical (unpaired) electrons. The predicted molar refractivity (Wildman–Crippen MR) is 251 cm³/mol. The molecule has 12 rings (SSSR count). The van der Waals surface area contributed by atoms with E-state index in [1.807, 2.05) is 12.3 Å². The van der Waals surface area contributed by atoms with Gasteiger partial charge in [-0.2, -0.15) is 0 Å². The molecule has 2 heterocycles. The SMILES string of the molecule is CC1(C)C2=CC(c3cc(-c4ccccc4)c4c(c3-c3ccccc3)-c3cccc5c3=C4C=CCC=5)=CCC=C2C2=C1C=C(c1ccc3ccc4cccnc4c3n1)CC=C2. The summed E-state index contributed by atoms with van der Waals surface area (Å²) in [7, 11) is 0. The van der Waals surface area contributed by atoms with Crippen molar-refractivity contribution in [1.82, 2.24) is 9.97 Å². The van der Waals surface area contributed by atoms with Crippen molar-refractivity contribution in [2.75, 3.05) is 0 Å². The highest BCUT2D eigenvalue weighted by atomic mass is 14.8. The van der Waals surface area contributed by atoms with Gasteiger partial charge in [0.15, 0.2) is 0 Å². The van der Waals surface area contributed by atoms with Gasteiger partial charge in [-0.3, -0.25) is 4.98 Å². The third-order valence-electron chi connectivity index (χ3n) is 13.3. The molecule has 0 N–H and O–H groups in total. The van der Waals surface area contributed by atoms with Crippen molar-refractivity contribution in [3.8, 4) is 33.4 Å². The van der Waals surface area contributed by atoms with Crippen molar-refractivity contribution in [2.24, 2.45) is 5.41 Å². The second-order valence-electron chi connectivity index (χ2n) is 17.1. The fourth-order valence-electron chi connectivity index (χ4n) is 10.5. The summed E-state index contributed by atoms with van der Waals surface area (Å²) in [6, 6.07) is 44.3. The van der Waals surface area contributed by atoms with Crippen molar-refractivity contribution >= 4 is 44.6 Å². The highest BCUT2D eigenvalue weighted by Gasteiger charge is 2.40. The van der Waals surface area contributed by atoms with Gasteiger partial charge in [-0.25, -0.2) is 4.98 Å². The van der Waals surface area contributed by atoms with Crippen molar-refractivity contribution in [2.45, 2.75) is 33.1 Å². The summed E-state index contributed by atoms with van der Waals surface area (Å²) in [6.07, 6.45) is 26.2. The lowest BCUT2D eigenvalue weighted by Crippen LogP contribution is -2.25. The van der Waals surface area contributed by atoms with Gasteiger partial charge in [-0.15, -0.1) is 0 Å². The van der Waals surface area contributed by atoms with E-state index in [-0.39, 0.29) is 5.41 Å². The zero-order valence-electron chi connectivity index (χ0n) is 33.8. The topological polar surface area (TPSA) is 25.8 Å². The van der Waals surface area contributed by atoms with E-state index in [9.17, 15) is 0 Å². The summed E-state index contributed by atoms with van der Waals surface area (Å²) in [5.74, 6) is 0. The van der Waals surface area contributed by atoms with Crippen LogP contribution in [0, 0.1) is 5.41 Å². The van der Waals surface area contributed by atoms with Gasteiger partial charge in [-0.1, -0.05) is 166 Å². The molecule has 0 amide bonds. The molecular formula is C58H42N2. The van der Waals surface area contributed by atoms with E-state index in [0.29, 0.717) is 0 Å². The molecule has 5 aromatic carbocycles. The maximum Gasteiger partial charge on any atom is 0.0971 e. The van der Waals surface area contributed by atoms with Crippen LogP contribution in [-0.2, 0) is 0 Å². The number of nitrogens with zero attached hydrogens (tertiary/aromatic N) is 2. The number of hydrogen-bond acceptors (Lipinski definition) is 2. The Labute approximate surface area is 350 Å². The van der Waals surface area contributed by atoms with Crippen LogP contribution in [0.2, 0.25) is 0 Å². The molecule has 284 valence electrons. The number of benzene rings is 5. The van der Waals surface area contributed by atoms with E-state index in [2.05, 4.69) is 184 Å². The van der Waals surface area contributed by atoms with E-state index < -0.39 is 0 Å². The van der Waals surface area contributed by atoms with Gasteiger partial charge in [-0.05, 0) is 137 Å². The van der Waals surface area contributed by atoms with Gasteiger partial charge < -0.3 is 0 Å². The number of fused-ring (bicyclic) bond motifs is 8. The summed E-state index contributed by atoms with van der Waals surface area (Å²) in [4.78, 5) is 10.0. The lowest BCUT2D eigenvalue weighted by molar-refractivity contribution is 0.579. The molecule has 2 nitrogen and oxygen atoms in total. The van der Waals surface area contributed by atoms with E-state index in [1.165, 1.54) is 94.0 Å². The van der Waals surface area contributed by atoms with Gasteiger partial charge in [0.05, 0.1) is 16.7 Å². The Balaban J connectivity index is 1.05. The van der Waals surface area contributed by atoms with E-state index in [4.69, 9.17) is 9.97 Å². The van der Waals surface area contributed by atoms with Gasteiger partial charge in [0.25, 0.3) is 0 Å². The Kier molecular flexibility index (Phi) is 7.81. The maximum atomic E-state index is 5.30. The average Bonchev–Trinajstić information content (AvgIpc) is 3.50. The van der Waals surface area contributed by atoms with Crippen LogP contribution >= 0.6 is 0 Å². The van der Waals surface area contributed by atoms with Crippen LogP contribution in [-0.4, -0.2) is 9.97 Å². The minimum absolute atomic E-state index is 0.248. The van der Waals surface area contributed by atoms with Gasteiger partial charge in [0.2, 0.25) is 0 Å². The molecule has 7 aromatic rings. The second kappa shape index (κ2) is 13.4. The highest BCUT2D eigenvalue weighted by Crippen LogP contribution is 2.55. The molecule has 0 fully saturated rings. The van der Waals surface area contributed by atoms with Crippen LogP contribution in [0.15, 0.2) is 198 Å². The van der Waals surface area contributed by atoms with Crippen LogP contribution in [0.3, 0.4) is 0 Å². The maximum absolute atomic E-state index is 5.30. The van der Waals surface area contributed by atoms with Crippen molar-refractivity contribution in [3.05, 3.63) is 226 Å². The first kappa shape index (κ1) is 34.8. The van der Waals surface area contributed by atoms with Crippen LogP contribution in [0.1, 0.15) is 49.9 Å². The number of aromatic nitrogens is 2. The number of hydrogen-bond donors (Lipinski definition) is 0. The van der Waals surface area contributed by atoms with Crippen molar-refractivity contribution in [1.29, 1.82) is 0 Å². The molecule has 2 heteroatoms. The van der Waals surface area contributed by atoms with Crippen molar-refractivity contribution in [3.63, 3.8) is 0 Å². The Morgan fingerprint density at radius 3 is 2.20 bits per heavy atom. The quantitative estimate of drug-likeness (QED) is 0.167. The first-order valence-corrected chi connectivity index (χ1v) is 21.3.